The van der Waals surface area contributed by atoms with Gasteiger partial charge >= 0.3 is 12.1 Å². The fourth-order valence-corrected chi connectivity index (χ4v) is 5.25. The maximum absolute atomic E-state index is 14.5. The molecule has 4 heterocycles. The molecule has 1 aromatic heterocycles. The average Bonchev–Trinajstić information content (AvgIpc) is 2.90. The van der Waals surface area contributed by atoms with Gasteiger partial charge in [0.15, 0.2) is 0 Å². The van der Waals surface area contributed by atoms with Crippen molar-refractivity contribution in [3.8, 4) is 5.88 Å². The molecule has 0 saturated heterocycles. The van der Waals surface area contributed by atoms with E-state index >= 15 is 0 Å². The van der Waals surface area contributed by atoms with Crippen LogP contribution in [-0.4, -0.2) is 59.8 Å². The summed E-state index contributed by atoms with van der Waals surface area (Å²) in [5, 5.41) is 12.2. The molecule has 0 unspecified atom stereocenters. The first-order chi connectivity index (χ1) is 20.0. The first-order valence-electron chi connectivity index (χ1n) is 14.1. The molecule has 0 fully saturated rings. The number of carbonyl (C=O) groups excluding carboxylic acids is 1. The molecule has 42 heavy (non-hydrogen) atoms. The Kier molecular flexibility index (Phi) is 8.20. The highest BCUT2D eigenvalue weighted by molar-refractivity contribution is 5.96. The lowest BCUT2D eigenvalue weighted by Gasteiger charge is -2.36. The number of amidine groups is 1. The minimum absolute atomic E-state index is 0.133. The van der Waals surface area contributed by atoms with Gasteiger partial charge in [0.1, 0.15) is 29.5 Å². The Morgan fingerprint density at radius 1 is 1.21 bits per heavy atom. The molecule has 0 bridgehead atoms. The molecule has 0 spiro atoms. The van der Waals surface area contributed by atoms with Gasteiger partial charge < -0.3 is 24.8 Å². The van der Waals surface area contributed by atoms with Gasteiger partial charge in [-0.3, -0.25) is 9.69 Å². The van der Waals surface area contributed by atoms with Gasteiger partial charge in [-0.1, -0.05) is 18.2 Å². The Morgan fingerprint density at radius 2 is 2.02 bits per heavy atom. The van der Waals surface area contributed by atoms with Crippen LogP contribution in [0.15, 0.2) is 52.8 Å². The van der Waals surface area contributed by atoms with Crippen LogP contribution in [0.1, 0.15) is 51.2 Å². The van der Waals surface area contributed by atoms with Crippen molar-refractivity contribution < 1.29 is 28.6 Å². The van der Waals surface area contributed by atoms with E-state index in [9.17, 15) is 14.0 Å². The Morgan fingerprint density at radius 3 is 2.76 bits per heavy atom. The van der Waals surface area contributed by atoms with Crippen LogP contribution in [0.5, 0.6) is 5.88 Å². The Balaban J connectivity index is 1.40. The molecule has 3 aliphatic rings. The van der Waals surface area contributed by atoms with E-state index in [0.717, 1.165) is 41.9 Å². The van der Waals surface area contributed by atoms with E-state index in [4.69, 9.17) is 19.6 Å². The van der Waals surface area contributed by atoms with Gasteiger partial charge in [0.2, 0.25) is 5.88 Å². The van der Waals surface area contributed by atoms with Crippen LogP contribution in [-0.2, 0) is 16.0 Å². The fraction of sp³-hybridized carbons (Fsp3) is 0.419. The highest BCUT2D eigenvalue weighted by Gasteiger charge is 2.33. The van der Waals surface area contributed by atoms with E-state index in [2.05, 4.69) is 27.4 Å². The lowest BCUT2D eigenvalue weighted by atomic mass is 10.0. The number of anilines is 3. The number of carboxylic acid groups (broad SMARTS) is 1. The third-order valence-corrected chi connectivity index (χ3v) is 7.21. The molecule has 2 N–H and O–H groups in total. The molecule has 222 valence electrons. The monoisotopic (exact) mass is 577 g/mol. The molecule has 0 aliphatic carbocycles. The van der Waals surface area contributed by atoms with Gasteiger partial charge in [-0.2, -0.15) is 0 Å². The zero-order chi connectivity index (χ0) is 30.0. The van der Waals surface area contributed by atoms with E-state index < -0.39 is 23.5 Å². The van der Waals surface area contributed by atoms with Gasteiger partial charge in [-0.25, -0.2) is 19.2 Å². The molecule has 5 rings (SSSR count). The van der Waals surface area contributed by atoms with Crippen molar-refractivity contribution >= 4 is 35.0 Å². The fourth-order valence-electron chi connectivity index (χ4n) is 5.25. The maximum Gasteiger partial charge on any atom is 0.415 e. The molecule has 0 saturated carbocycles. The van der Waals surface area contributed by atoms with Crippen molar-refractivity contribution in [2.45, 2.75) is 59.0 Å². The van der Waals surface area contributed by atoms with Crippen LogP contribution in [0.2, 0.25) is 0 Å². The van der Waals surface area contributed by atoms with Gasteiger partial charge in [0.05, 0.1) is 37.1 Å². The zero-order valence-electron chi connectivity index (χ0n) is 24.4. The van der Waals surface area contributed by atoms with E-state index in [1.807, 2.05) is 27.7 Å². The number of nitrogens with zero attached hydrogens (tertiary/aromatic N) is 4. The predicted molar refractivity (Wildman–Crippen MR) is 159 cm³/mol. The molecule has 10 nitrogen and oxygen atoms in total. The van der Waals surface area contributed by atoms with E-state index in [0.29, 0.717) is 49.2 Å². The minimum Gasteiger partial charge on any atom is -0.481 e. The highest BCUT2D eigenvalue weighted by Crippen LogP contribution is 2.40. The maximum atomic E-state index is 14.5. The van der Waals surface area contributed by atoms with Crippen molar-refractivity contribution in [2.75, 3.05) is 41.4 Å². The van der Waals surface area contributed by atoms with Crippen LogP contribution in [0, 0.1) is 12.7 Å². The van der Waals surface area contributed by atoms with Crippen molar-refractivity contribution in [1.29, 1.82) is 0 Å². The molecule has 1 aromatic carbocycles. The number of aliphatic carboxylic acids is 1. The smallest absolute Gasteiger partial charge is 0.415 e. The minimum atomic E-state index is -1.08. The molecular weight excluding hydrogens is 541 g/mol. The summed E-state index contributed by atoms with van der Waals surface area (Å²) in [6.45, 7) is 9.44. The number of pyridine rings is 1. The van der Waals surface area contributed by atoms with Crippen molar-refractivity contribution in [3.05, 3.63) is 64.8 Å². The van der Waals surface area contributed by atoms with E-state index in [1.165, 1.54) is 12.1 Å². The third kappa shape index (κ3) is 6.56. The number of aliphatic imine (C=N–C) groups is 1. The summed E-state index contributed by atoms with van der Waals surface area (Å²) in [5.74, 6) is -0.548. The number of hydrogen-bond acceptors (Lipinski definition) is 8. The van der Waals surface area contributed by atoms with Crippen LogP contribution < -0.4 is 19.9 Å². The van der Waals surface area contributed by atoms with Crippen molar-refractivity contribution in [1.82, 2.24) is 4.98 Å². The van der Waals surface area contributed by atoms with Crippen LogP contribution in [0.3, 0.4) is 0 Å². The number of nitrogens with one attached hydrogen (secondary N) is 1. The number of fused-ring (bicyclic) bond motifs is 1. The van der Waals surface area contributed by atoms with Crippen LogP contribution in [0.25, 0.3) is 0 Å². The number of carbonyl (C=O) groups is 2. The molecule has 11 heteroatoms. The molecule has 3 aliphatic heterocycles. The average molecular weight is 578 g/mol. The summed E-state index contributed by atoms with van der Waals surface area (Å²) in [5.41, 5.74) is 4.40. The standard InChI is InChI=1S/C31H36FN5O5/c1-19-25(17-33-29-28(19)37(13-14-41-29)30(40)42-31(2,3)4)36-12-11-20-7-5-6-8-26(35-24(20)18-36)34-22-10-9-21(15-27(38)39)23(32)16-22/h5,7,9-10,16-17H,6,8,11-15,18H2,1-4H3,(H,34,35)(H,38,39)/b7-5-. The third-order valence-electron chi connectivity index (χ3n) is 7.21. The first-order valence-corrected chi connectivity index (χ1v) is 14.1. The number of aromatic nitrogens is 1. The lowest BCUT2D eigenvalue weighted by Crippen LogP contribution is -2.42. The number of rotatable bonds is 4. The number of hydrogen-bond donors (Lipinski definition) is 2. The van der Waals surface area contributed by atoms with E-state index in [-0.39, 0.29) is 12.0 Å². The van der Waals surface area contributed by atoms with E-state index in [1.54, 1.807) is 17.2 Å². The Labute approximate surface area is 244 Å². The van der Waals surface area contributed by atoms with Gasteiger partial charge in [0.25, 0.3) is 0 Å². The largest absolute Gasteiger partial charge is 0.481 e. The summed E-state index contributed by atoms with van der Waals surface area (Å²) < 4.78 is 26.0. The summed E-state index contributed by atoms with van der Waals surface area (Å²) in [6, 6.07) is 4.46. The number of allylic oxidation sites excluding steroid dienone is 2. The summed E-state index contributed by atoms with van der Waals surface area (Å²) in [4.78, 5) is 37.4. The van der Waals surface area contributed by atoms with Gasteiger partial charge in [-0.05, 0) is 63.8 Å². The quantitative estimate of drug-likeness (QED) is 0.481. The lowest BCUT2D eigenvalue weighted by molar-refractivity contribution is -0.136. The topological polar surface area (TPSA) is 117 Å². The van der Waals surface area contributed by atoms with Crippen molar-refractivity contribution in [3.63, 3.8) is 0 Å². The normalized spacial score (nSPS) is 17.7. The number of amides is 1. The number of benzene rings is 1. The molecule has 0 atom stereocenters. The highest BCUT2D eigenvalue weighted by atomic mass is 19.1. The molecule has 2 aromatic rings. The van der Waals surface area contributed by atoms with Crippen LogP contribution >= 0.6 is 0 Å². The summed E-state index contributed by atoms with van der Waals surface area (Å²) >= 11 is 0. The van der Waals surface area contributed by atoms with Crippen LogP contribution in [0.4, 0.5) is 26.2 Å². The number of ether oxygens (including phenoxy) is 2. The second kappa shape index (κ2) is 11.8. The Hall–Kier alpha value is -4.41. The second-order valence-corrected chi connectivity index (χ2v) is 11.5. The predicted octanol–water partition coefficient (Wildman–Crippen LogP) is 5.61. The first kappa shape index (κ1) is 29.1. The summed E-state index contributed by atoms with van der Waals surface area (Å²) in [6.07, 6.45) is 7.40. The second-order valence-electron chi connectivity index (χ2n) is 11.5. The number of carboxylic acids is 1. The molecule has 1 amide bonds. The van der Waals surface area contributed by atoms with Gasteiger partial charge in [-0.15, -0.1) is 0 Å². The Bertz CT molecular complexity index is 1490. The SMILES string of the molecule is Cc1c(N2CCC3=C(C2)N=C(Nc2ccc(CC(=O)O)c(F)c2)CC/C=C\3)cnc2c1N(C(=O)OC(C)(C)C)CCO2. The summed E-state index contributed by atoms with van der Waals surface area (Å²) in [7, 11) is 0. The van der Waals surface area contributed by atoms with Crippen molar-refractivity contribution in [2.24, 2.45) is 4.99 Å². The number of halogens is 1. The molecular formula is C31H36FN5O5. The molecule has 0 radical (unpaired) electrons. The van der Waals surface area contributed by atoms with Gasteiger partial charge in [0, 0.05) is 24.2 Å². The zero-order valence-corrected chi connectivity index (χ0v) is 24.4.